The van der Waals surface area contributed by atoms with E-state index in [1.54, 1.807) is 0 Å². The quantitative estimate of drug-likeness (QED) is 0.0248. The number of carbonyl (C=O) groups is 3. The van der Waals surface area contributed by atoms with Crippen molar-refractivity contribution in [2.75, 3.05) is 52.7 Å². The van der Waals surface area contributed by atoms with Gasteiger partial charge in [-0.15, -0.1) is 0 Å². The number of guanidine groups is 1. The van der Waals surface area contributed by atoms with E-state index < -0.39 is 62.0 Å². The van der Waals surface area contributed by atoms with Crippen LogP contribution in [0.15, 0.2) is 16.6 Å². The van der Waals surface area contributed by atoms with Crippen LogP contribution in [-0.4, -0.2) is 145 Å². The van der Waals surface area contributed by atoms with Gasteiger partial charge in [-0.1, -0.05) is 0 Å². The Morgan fingerprint density at radius 3 is 2.55 bits per heavy atom. The first-order valence-electron chi connectivity index (χ1n) is 15.2. The highest BCUT2D eigenvalue weighted by atomic mass is 31.2. The zero-order chi connectivity index (χ0) is 34.6. The number of hydrogen-bond donors (Lipinski definition) is 11. The van der Waals surface area contributed by atoms with Gasteiger partial charge in [-0.3, -0.25) is 14.2 Å². The van der Waals surface area contributed by atoms with Crippen molar-refractivity contribution in [3.05, 3.63) is 11.6 Å². The first kappa shape index (κ1) is 38.4. The molecule has 0 aliphatic carbocycles. The summed E-state index contributed by atoms with van der Waals surface area (Å²) in [7, 11) is -4.68. The van der Waals surface area contributed by atoms with Crippen LogP contribution in [0.2, 0.25) is 0 Å². The van der Waals surface area contributed by atoms with Crippen LogP contribution in [0.1, 0.15) is 26.2 Å². The number of aliphatic imine (C=N–C) groups is 1. The lowest BCUT2D eigenvalue weighted by molar-refractivity contribution is -0.125. The van der Waals surface area contributed by atoms with Gasteiger partial charge in [0, 0.05) is 32.5 Å². The summed E-state index contributed by atoms with van der Waals surface area (Å²) in [6.45, 7) is 1.44. The molecule has 21 heteroatoms. The van der Waals surface area contributed by atoms with Crippen LogP contribution in [0, 0.1) is 0 Å². The predicted octanol–water partition coefficient (Wildman–Crippen LogP) is -4.37. The number of nitrogens with one attached hydrogen (secondary N) is 5. The van der Waals surface area contributed by atoms with E-state index in [1.165, 1.54) is 6.92 Å². The molecule has 0 bridgehead atoms. The van der Waals surface area contributed by atoms with Crippen LogP contribution in [-0.2, 0) is 32.9 Å². The first-order chi connectivity index (χ1) is 22.3. The first-order valence-corrected chi connectivity index (χ1v) is 16.8. The summed E-state index contributed by atoms with van der Waals surface area (Å²) >= 11 is 0. The Balaban J connectivity index is 1.32. The summed E-state index contributed by atoms with van der Waals surface area (Å²) in [5.41, 5.74) is 10.3. The van der Waals surface area contributed by atoms with Crippen LogP contribution in [0.25, 0.3) is 0 Å². The Kier molecular flexibility index (Phi) is 15.1. The van der Waals surface area contributed by atoms with Gasteiger partial charge in [-0.25, -0.2) is 9.79 Å². The van der Waals surface area contributed by atoms with Gasteiger partial charge >= 0.3 is 13.6 Å². The number of carbonyl (C=O) groups excluding carboxylic acids is 3. The van der Waals surface area contributed by atoms with E-state index in [0.717, 1.165) is 12.5 Å². The molecule has 3 rings (SSSR count). The number of nitrogens with zero attached hydrogens (tertiary/aromatic N) is 1. The third-order valence-electron chi connectivity index (χ3n) is 7.59. The van der Waals surface area contributed by atoms with Crippen LogP contribution < -0.4 is 38.1 Å². The fraction of sp³-hybridized carbons (Fsp3) is 0.769. The highest BCUT2D eigenvalue weighted by molar-refractivity contribution is 7.57. The van der Waals surface area contributed by atoms with Gasteiger partial charge in [-0.05, 0) is 18.9 Å². The molecule has 2 saturated heterocycles. The molecule has 2 unspecified atom stereocenters. The average molecular weight is 695 g/mol. The van der Waals surface area contributed by atoms with Crippen molar-refractivity contribution in [1.29, 1.82) is 0 Å². The summed E-state index contributed by atoms with van der Waals surface area (Å²) < 4.78 is 34.4. The molecule has 3 aliphatic heterocycles. The standard InChI is InChI=1S/C26H47N8O12P/c1-14(36)31-22-16(32-25(27)28)11-20(46-24(22)23(39)18(37)13-35)47(41,42)45-10-9-44-8-7-43-6-5-29-19(38)4-2-3-15-21-17(12-30-15)33-26(40)34-21/h11,15-18,21-24,30,35,37,39H,2-10,12-13H2,1H3,(H,29,38)(H,31,36)(H,41,42)(H4,27,28,32)(H2,33,34,40)/t15-,16-,17-,18+,21+,22+,23+,24?/m0/s1. The summed E-state index contributed by atoms with van der Waals surface area (Å²) in [5, 5.41) is 44.2. The third-order valence-corrected chi connectivity index (χ3v) is 8.94. The van der Waals surface area contributed by atoms with E-state index in [2.05, 4.69) is 31.6 Å². The molecule has 0 aromatic rings. The van der Waals surface area contributed by atoms with Crippen molar-refractivity contribution in [2.24, 2.45) is 16.5 Å². The number of fused-ring (bicyclic) bond motifs is 1. The topological polar surface area (TPSA) is 311 Å². The van der Waals surface area contributed by atoms with E-state index in [0.29, 0.717) is 25.9 Å². The molecule has 2 fully saturated rings. The molecular weight excluding hydrogens is 647 g/mol. The van der Waals surface area contributed by atoms with E-state index in [1.807, 2.05) is 0 Å². The summed E-state index contributed by atoms with van der Waals surface area (Å²) in [6, 6.07) is -2.28. The Morgan fingerprint density at radius 2 is 1.87 bits per heavy atom. The fourth-order valence-electron chi connectivity index (χ4n) is 5.39. The van der Waals surface area contributed by atoms with Gasteiger partial charge in [0.1, 0.15) is 12.2 Å². The van der Waals surface area contributed by atoms with Gasteiger partial charge in [0.15, 0.2) is 12.1 Å². The minimum absolute atomic E-state index is 0.0422. The second kappa shape index (κ2) is 18.5. The number of aliphatic hydroxyl groups excluding tert-OH is 3. The second-order valence-electron chi connectivity index (χ2n) is 11.2. The third kappa shape index (κ3) is 11.8. The largest absolute Gasteiger partial charge is 0.478 e. The van der Waals surface area contributed by atoms with E-state index in [9.17, 15) is 39.2 Å². The maximum atomic E-state index is 13.0. The Bertz CT molecular complexity index is 1170. The molecule has 3 heterocycles. The molecule has 13 N–H and O–H groups in total. The van der Waals surface area contributed by atoms with Gasteiger partial charge in [-0.2, -0.15) is 0 Å². The molecule has 0 aromatic carbocycles. The highest BCUT2D eigenvalue weighted by Crippen LogP contribution is 2.53. The number of nitrogens with two attached hydrogens (primary N) is 2. The molecule has 3 aliphatic rings. The van der Waals surface area contributed by atoms with Crippen molar-refractivity contribution < 1.29 is 57.9 Å². The minimum Gasteiger partial charge on any atom is -0.478 e. The van der Waals surface area contributed by atoms with Crippen molar-refractivity contribution >= 4 is 31.4 Å². The molecule has 268 valence electrons. The van der Waals surface area contributed by atoms with E-state index >= 15 is 0 Å². The molecule has 47 heavy (non-hydrogen) atoms. The van der Waals surface area contributed by atoms with Gasteiger partial charge in [0.25, 0.3) is 0 Å². The summed E-state index contributed by atoms with van der Waals surface area (Å²) in [5.74, 6) is -1.11. The fourth-order valence-corrected chi connectivity index (χ4v) is 6.44. The lowest BCUT2D eigenvalue weighted by Crippen LogP contribution is -2.59. The van der Waals surface area contributed by atoms with Crippen molar-refractivity contribution in [3.8, 4) is 0 Å². The van der Waals surface area contributed by atoms with E-state index in [-0.39, 0.29) is 63.1 Å². The zero-order valence-corrected chi connectivity index (χ0v) is 27.0. The Hall–Kier alpha value is -3.07. The second-order valence-corrected chi connectivity index (χ2v) is 12.9. The number of urea groups is 1. The zero-order valence-electron chi connectivity index (χ0n) is 26.1. The number of aliphatic hydroxyl groups is 3. The molecule has 0 spiro atoms. The highest BCUT2D eigenvalue weighted by Gasteiger charge is 2.46. The number of amides is 4. The normalized spacial score (nSPS) is 27.6. The lowest BCUT2D eigenvalue weighted by atomic mass is 9.93. The maximum Gasteiger partial charge on any atom is 0.392 e. The SMILES string of the molecule is CC(=O)N[C@H]1C([C@H](O)[C@H](O)CO)OC(P(=O)(O)OCCOCCOCCNC(=O)CCC[C@@H]2NC[C@@H]3NC(=O)N[C@H]23)=C[C@@H]1N=C(N)N. The monoisotopic (exact) mass is 694 g/mol. The van der Waals surface area contributed by atoms with E-state index in [4.69, 9.17) is 30.2 Å². The number of rotatable bonds is 20. The Morgan fingerprint density at radius 1 is 1.17 bits per heavy atom. The molecule has 4 amide bonds. The Labute approximate surface area is 271 Å². The molecular formula is C26H47N8O12P. The predicted molar refractivity (Wildman–Crippen MR) is 165 cm³/mol. The van der Waals surface area contributed by atoms with Gasteiger partial charge in [0.2, 0.25) is 17.3 Å². The summed E-state index contributed by atoms with van der Waals surface area (Å²) in [6.07, 6.45) is -2.25. The van der Waals surface area contributed by atoms with Crippen molar-refractivity contribution in [1.82, 2.24) is 26.6 Å². The summed E-state index contributed by atoms with van der Waals surface area (Å²) in [4.78, 5) is 49.8. The molecule has 20 nitrogen and oxygen atoms in total. The van der Waals surface area contributed by atoms with Crippen LogP contribution >= 0.6 is 7.60 Å². The van der Waals surface area contributed by atoms with Gasteiger partial charge < -0.3 is 77.0 Å². The number of ether oxygens (including phenoxy) is 3. The lowest BCUT2D eigenvalue weighted by Gasteiger charge is -2.39. The molecule has 9 atom stereocenters. The van der Waals surface area contributed by atoms with Gasteiger partial charge in [0.05, 0.1) is 63.8 Å². The molecule has 0 aromatic heterocycles. The van der Waals surface area contributed by atoms with Crippen LogP contribution in [0.3, 0.4) is 0 Å². The maximum absolute atomic E-state index is 13.0. The van der Waals surface area contributed by atoms with Crippen LogP contribution in [0.5, 0.6) is 0 Å². The average Bonchev–Trinajstić information content (AvgIpc) is 3.56. The molecule has 0 radical (unpaired) electrons. The van der Waals surface area contributed by atoms with Crippen molar-refractivity contribution in [2.45, 2.75) is 74.7 Å². The number of hydrogen-bond acceptors (Lipinski definition) is 13. The molecule has 0 saturated carbocycles. The smallest absolute Gasteiger partial charge is 0.392 e. The van der Waals surface area contributed by atoms with Crippen LogP contribution in [0.4, 0.5) is 4.79 Å². The van der Waals surface area contributed by atoms with Crippen molar-refractivity contribution in [3.63, 3.8) is 0 Å². The minimum atomic E-state index is -4.68.